The fourth-order valence-corrected chi connectivity index (χ4v) is 5.37. The standard InChI is InChI=1S/C19H26N2O5S/c22-18(11-13-27(24,25)16-4-1-2-5-16)20-14-7-9-15(10-8-14)21-19(23)17-6-3-12-26-17/h7-10,16-17H,1-6,11-13H2,(H,20,22)(H,21,23). The van der Waals surface area contributed by atoms with Crippen molar-refractivity contribution in [2.24, 2.45) is 0 Å². The first kappa shape index (κ1) is 19.8. The van der Waals surface area contributed by atoms with Crippen LogP contribution < -0.4 is 10.6 Å². The van der Waals surface area contributed by atoms with Gasteiger partial charge in [-0.1, -0.05) is 12.8 Å². The molecule has 148 valence electrons. The average Bonchev–Trinajstić information content (AvgIpc) is 3.35. The zero-order chi connectivity index (χ0) is 19.3. The monoisotopic (exact) mass is 394 g/mol. The Morgan fingerprint density at radius 1 is 0.963 bits per heavy atom. The number of nitrogens with one attached hydrogen (secondary N) is 2. The first-order valence-corrected chi connectivity index (χ1v) is 11.2. The smallest absolute Gasteiger partial charge is 0.253 e. The van der Waals surface area contributed by atoms with Crippen molar-refractivity contribution >= 4 is 33.0 Å². The summed E-state index contributed by atoms with van der Waals surface area (Å²) in [6, 6.07) is 6.73. The third-order valence-electron chi connectivity index (χ3n) is 5.08. The molecule has 1 unspecified atom stereocenters. The Labute approximate surface area is 159 Å². The van der Waals surface area contributed by atoms with E-state index in [9.17, 15) is 18.0 Å². The van der Waals surface area contributed by atoms with Crippen molar-refractivity contribution < 1.29 is 22.7 Å². The van der Waals surface area contributed by atoms with Gasteiger partial charge in [0.1, 0.15) is 6.10 Å². The molecule has 1 aliphatic carbocycles. The fourth-order valence-electron chi connectivity index (χ4n) is 3.52. The van der Waals surface area contributed by atoms with Gasteiger partial charge in [0, 0.05) is 24.4 Å². The Balaban J connectivity index is 1.46. The summed E-state index contributed by atoms with van der Waals surface area (Å²) in [5.41, 5.74) is 1.19. The molecule has 1 aliphatic heterocycles. The minimum absolute atomic E-state index is 0.0453. The number of carbonyl (C=O) groups excluding carboxylic acids is 2. The molecule has 3 rings (SSSR count). The molecule has 7 nitrogen and oxygen atoms in total. The lowest BCUT2D eigenvalue weighted by atomic mass is 10.2. The lowest BCUT2D eigenvalue weighted by Crippen LogP contribution is -2.26. The Morgan fingerprint density at radius 3 is 2.19 bits per heavy atom. The largest absolute Gasteiger partial charge is 0.368 e. The summed E-state index contributed by atoms with van der Waals surface area (Å²) in [4.78, 5) is 24.1. The van der Waals surface area contributed by atoms with Crippen LogP contribution in [0.1, 0.15) is 44.9 Å². The summed E-state index contributed by atoms with van der Waals surface area (Å²) >= 11 is 0. The predicted octanol–water partition coefficient (Wildman–Crippen LogP) is 2.49. The Hall–Kier alpha value is -1.93. The molecule has 1 atom stereocenters. The van der Waals surface area contributed by atoms with Crippen LogP contribution in [0.4, 0.5) is 11.4 Å². The molecule has 2 N–H and O–H groups in total. The fraction of sp³-hybridized carbons (Fsp3) is 0.579. The Morgan fingerprint density at radius 2 is 1.59 bits per heavy atom. The van der Waals surface area contributed by atoms with Gasteiger partial charge in [0.15, 0.2) is 9.84 Å². The highest BCUT2D eigenvalue weighted by Crippen LogP contribution is 2.25. The summed E-state index contributed by atoms with van der Waals surface area (Å²) < 4.78 is 29.8. The van der Waals surface area contributed by atoms with Crippen LogP contribution in [0.5, 0.6) is 0 Å². The van der Waals surface area contributed by atoms with Gasteiger partial charge in [-0.2, -0.15) is 0 Å². The topological polar surface area (TPSA) is 102 Å². The minimum atomic E-state index is -3.20. The minimum Gasteiger partial charge on any atom is -0.368 e. The number of rotatable bonds is 7. The van der Waals surface area contributed by atoms with E-state index in [1.165, 1.54) is 0 Å². The summed E-state index contributed by atoms with van der Waals surface area (Å²) in [6.07, 6.45) is 4.50. The average molecular weight is 394 g/mol. The van der Waals surface area contributed by atoms with Gasteiger partial charge in [-0.3, -0.25) is 9.59 Å². The van der Waals surface area contributed by atoms with Crippen molar-refractivity contribution in [2.75, 3.05) is 23.0 Å². The summed E-state index contributed by atoms with van der Waals surface area (Å²) in [5, 5.41) is 5.20. The van der Waals surface area contributed by atoms with Gasteiger partial charge in [-0.15, -0.1) is 0 Å². The first-order chi connectivity index (χ1) is 12.9. The van der Waals surface area contributed by atoms with Gasteiger partial charge in [-0.25, -0.2) is 8.42 Å². The number of carbonyl (C=O) groups is 2. The second-order valence-corrected chi connectivity index (χ2v) is 9.54. The van der Waals surface area contributed by atoms with Gasteiger partial charge in [0.05, 0.1) is 11.0 Å². The van der Waals surface area contributed by atoms with E-state index in [1.54, 1.807) is 24.3 Å². The van der Waals surface area contributed by atoms with Crippen molar-refractivity contribution in [3.8, 4) is 0 Å². The number of hydrogen-bond acceptors (Lipinski definition) is 5. The molecular weight excluding hydrogens is 368 g/mol. The van der Waals surface area contributed by atoms with Crippen LogP contribution >= 0.6 is 0 Å². The van der Waals surface area contributed by atoms with E-state index in [2.05, 4.69) is 10.6 Å². The molecule has 8 heteroatoms. The van der Waals surface area contributed by atoms with E-state index in [0.29, 0.717) is 30.8 Å². The molecule has 0 spiro atoms. The molecule has 0 bridgehead atoms. The van der Waals surface area contributed by atoms with E-state index in [1.807, 2.05) is 0 Å². The van der Waals surface area contributed by atoms with Gasteiger partial charge in [0.2, 0.25) is 5.91 Å². The van der Waals surface area contributed by atoms with Crippen molar-refractivity contribution in [2.45, 2.75) is 56.3 Å². The van der Waals surface area contributed by atoms with Gasteiger partial charge in [0.25, 0.3) is 5.91 Å². The number of hydrogen-bond donors (Lipinski definition) is 2. The van der Waals surface area contributed by atoms with Crippen molar-refractivity contribution in [1.82, 2.24) is 0 Å². The molecule has 27 heavy (non-hydrogen) atoms. The highest BCUT2D eigenvalue weighted by Gasteiger charge is 2.29. The van der Waals surface area contributed by atoms with E-state index in [0.717, 1.165) is 25.7 Å². The van der Waals surface area contributed by atoms with Crippen LogP contribution in [0.25, 0.3) is 0 Å². The molecule has 0 radical (unpaired) electrons. The Kier molecular flexibility index (Phi) is 6.49. The van der Waals surface area contributed by atoms with E-state index in [-0.39, 0.29) is 29.2 Å². The molecular formula is C19H26N2O5S. The number of benzene rings is 1. The van der Waals surface area contributed by atoms with Gasteiger partial charge >= 0.3 is 0 Å². The highest BCUT2D eigenvalue weighted by atomic mass is 32.2. The summed E-state index contributed by atoms with van der Waals surface area (Å²) in [7, 11) is -3.20. The molecule has 1 aromatic rings. The maximum absolute atomic E-state index is 12.2. The van der Waals surface area contributed by atoms with Crippen LogP contribution in [0.3, 0.4) is 0 Å². The third-order valence-corrected chi connectivity index (χ3v) is 7.34. The SMILES string of the molecule is O=C(CCS(=O)(=O)C1CCCC1)Nc1ccc(NC(=O)C2CCCO2)cc1. The van der Waals surface area contributed by atoms with Crippen LogP contribution in [0.15, 0.2) is 24.3 Å². The normalized spacial score (nSPS) is 20.5. The van der Waals surface area contributed by atoms with E-state index in [4.69, 9.17) is 4.74 Å². The van der Waals surface area contributed by atoms with Crippen molar-refractivity contribution in [1.29, 1.82) is 0 Å². The highest BCUT2D eigenvalue weighted by molar-refractivity contribution is 7.92. The molecule has 0 aromatic heterocycles. The second-order valence-electron chi connectivity index (χ2n) is 7.14. The maximum atomic E-state index is 12.2. The van der Waals surface area contributed by atoms with Gasteiger partial charge < -0.3 is 15.4 Å². The number of amides is 2. The molecule has 1 saturated carbocycles. The van der Waals surface area contributed by atoms with Crippen LogP contribution in [-0.4, -0.2) is 43.9 Å². The lowest BCUT2D eigenvalue weighted by Gasteiger charge is -2.12. The zero-order valence-corrected chi connectivity index (χ0v) is 16.1. The molecule has 1 heterocycles. The van der Waals surface area contributed by atoms with Crippen molar-refractivity contribution in [3.05, 3.63) is 24.3 Å². The third kappa shape index (κ3) is 5.52. The molecule has 2 amide bonds. The van der Waals surface area contributed by atoms with Crippen LogP contribution in [-0.2, 0) is 24.2 Å². The lowest BCUT2D eigenvalue weighted by molar-refractivity contribution is -0.124. The molecule has 1 aromatic carbocycles. The number of ether oxygens (including phenoxy) is 1. The van der Waals surface area contributed by atoms with Crippen molar-refractivity contribution in [3.63, 3.8) is 0 Å². The van der Waals surface area contributed by atoms with E-state index < -0.39 is 15.9 Å². The summed E-state index contributed by atoms with van der Waals surface area (Å²) in [5.74, 6) is -0.604. The Bertz CT molecular complexity index is 764. The predicted molar refractivity (Wildman–Crippen MR) is 103 cm³/mol. The zero-order valence-electron chi connectivity index (χ0n) is 15.3. The number of sulfone groups is 1. The number of anilines is 2. The maximum Gasteiger partial charge on any atom is 0.253 e. The molecule has 1 saturated heterocycles. The molecule has 2 fully saturated rings. The van der Waals surface area contributed by atoms with Crippen LogP contribution in [0, 0.1) is 0 Å². The van der Waals surface area contributed by atoms with E-state index >= 15 is 0 Å². The first-order valence-electron chi connectivity index (χ1n) is 9.48. The van der Waals surface area contributed by atoms with Crippen LogP contribution in [0.2, 0.25) is 0 Å². The summed E-state index contributed by atoms with van der Waals surface area (Å²) in [6.45, 7) is 0.611. The quantitative estimate of drug-likeness (QED) is 0.740. The second kappa shape index (κ2) is 8.84. The molecule has 2 aliphatic rings. The van der Waals surface area contributed by atoms with Gasteiger partial charge in [-0.05, 0) is 49.9 Å².